The predicted octanol–water partition coefficient (Wildman–Crippen LogP) is 5.42. The van der Waals surface area contributed by atoms with Gasteiger partial charge in [0.15, 0.2) is 5.16 Å². The molecule has 6 nitrogen and oxygen atoms in total. The minimum atomic E-state index is -0.396. The lowest BCUT2D eigenvalue weighted by molar-refractivity contribution is -0.384. The fourth-order valence-electron chi connectivity index (χ4n) is 2.94. The molecule has 3 rings (SSSR count). The van der Waals surface area contributed by atoms with Gasteiger partial charge in [-0.3, -0.25) is 19.5 Å². The van der Waals surface area contributed by atoms with Crippen molar-refractivity contribution in [3.05, 3.63) is 60.7 Å². The molecule has 1 aromatic carbocycles. The van der Waals surface area contributed by atoms with E-state index in [2.05, 4.69) is 0 Å². The number of rotatable bonds is 5. The molecule has 27 heavy (non-hydrogen) atoms. The van der Waals surface area contributed by atoms with Gasteiger partial charge >= 0.3 is 0 Å². The van der Waals surface area contributed by atoms with E-state index < -0.39 is 4.92 Å². The lowest BCUT2D eigenvalue weighted by Crippen LogP contribution is -2.25. The molecule has 0 saturated carbocycles. The fraction of sp³-hybridized carbons (Fsp3) is 0.368. The van der Waals surface area contributed by atoms with Crippen LogP contribution >= 0.6 is 23.1 Å². The molecule has 0 spiro atoms. The molecular formula is C19H21N3O3S2. The van der Waals surface area contributed by atoms with Crippen LogP contribution in [0.3, 0.4) is 0 Å². The number of hydrogen-bond donors (Lipinski definition) is 0. The van der Waals surface area contributed by atoms with Crippen LogP contribution in [0.5, 0.6) is 0 Å². The maximum Gasteiger partial charge on any atom is 0.269 e. The lowest BCUT2D eigenvalue weighted by Gasteiger charge is -2.18. The number of nitro groups is 1. The van der Waals surface area contributed by atoms with Gasteiger partial charge in [-0.15, -0.1) is 11.3 Å². The van der Waals surface area contributed by atoms with Gasteiger partial charge in [0.1, 0.15) is 4.83 Å². The zero-order valence-corrected chi connectivity index (χ0v) is 17.5. The first-order valence-electron chi connectivity index (χ1n) is 8.64. The predicted molar refractivity (Wildman–Crippen MR) is 111 cm³/mol. The topological polar surface area (TPSA) is 78.0 Å². The Morgan fingerprint density at radius 1 is 1.26 bits per heavy atom. The van der Waals surface area contributed by atoms with Crippen LogP contribution in [-0.4, -0.2) is 14.5 Å². The highest BCUT2D eigenvalue weighted by Gasteiger charge is 2.21. The highest BCUT2D eigenvalue weighted by atomic mass is 32.2. The van der Waals surface area contributed by atoms with E-state index in [1.807, 2.05) is 40.7 Å². The zero-order valence-electron chi connectivity index (χ0n) is 15.8. The summed E-state index contributed by atoms with van der Waals surface area (Å²) >= 11 is 2.98. The number of hydrogen-bond acceptors (Lipinski definition) is 6. The highest BCUT2D eigenvalue weighted by Crippen LogP contribution is 2.37. The fourth-order valence-corrected chi connectivity index (χ4v) is 5.17. The van der Waals surface area contributed by atoms with E-state index in [9.17, 15) is 14.9 Å². The Labute approximate surface area is 165 Å². The van der Waals surface area contributed by atoms with Gasteiger partial charge in [-0.05, 0) is 45.7 Å². The number of aryl methyl sites for hydroxylation is 2. The first-order chi connectivity index (χ1) is 12.7. The Kier molecular flexibility index (Phi) is 5.39. The van der Waals surface area contributed by atoms with Crippen molar-refractivity contribution < 1.29 is 4.92 Å². The second kappa shape index (κ2) is 7.44. The van der Waals surface area contributed by atoms with Crippen LogP contribution < -0.4 is 5.56 Å². The quantitative estimate of drug-likeness (QED) is 0.246. The maximum absolute atomic E-state index is 13.1. The minimum Gasteiger partial charge on any atom is -0.284 e. The molecular weight excluding hydrogens is 382 g/mol. The third-order valence-corrected chi connectivity index (χ3v) is 6.78. The normalized spacial score (nSPS) is 12.7. The molecule has 2 heterocycles. The van der Waals surface area contributed by atoms with E-state index >= 15 is 0 Å². The Balaban J connectivity index is 2.08. The number of non-ortho nitro benzene ring substituents is 1. The largest absolute Gasteiger partial charge is 0.284 e. The second-order valence-electron chi connectivity index (χ2n) is 6.74. The average Bonchev–Trinajstić information content (AvgIpc) is 2.89. The van der Waals surface area contributed by atoms with E-state index in [0.29, 0.717) is 10.5 Å². The van der Waals surface area contributed by atoms with Crippen LogP contribution in [0, 0.1) is 24.0 Å². The van der Waals surface area contributed by atoms with Crippen LogP contribution in [0.25, 0.3) is 10.2 Å². The van der Waals surface area contributed by atoms with E-state index in [1.165, 1.54) is 29.2 Å². The van der Waals surface area contributed by atoms with Gasteiger partial charge in [-0.1, -0.05) is 23.9 Å². The van der Waals surface area contributed by atoms with Crippen molar-refractivity contribution in [1.82, 2.24) is 9.55 Å². The van der Waals surface area contributed by atoms with Gasteiger partial charge in [0.25, 0.3) is 11.2 Å². The molecule has 0 aliphatic carbocycles. The molecule has 0 amide bonds. The van der Waals surface area contributed by atoms with Gasteiger partial charge in [-0.25, -0.2) is 4.98 Å². The number of thiophene rings is 1. The molecule has 0 fully saturated rings. The third kappa shape index (κ3) is 3.64. The molecule has 0 bridgehead atoms. The third-order valence-electron chi connectivity index (χ3n) is 4.55. The molecule has 2 aromatic heterocycles. The Hall–Kier alpha value is -2.19. The van der Waals surface area contributed by atoms with Crippen molar-refractivity contribution in [3.8, 4) is 0 Å². The summed E-state index contributed by atoms with van der Waals surface area (Å²) in [5.41, 5.74) is 1.86. The standard InChI is InChI=1S/C19H21N3O3S2/c1-10(2)21-18(23)16-11(3)12(4)26-17(16)20-19(21)27-13(5)14-7-6-8-15(9-14)22(24)25/h6-10,13H,1-5H3. The van der Waals surface area contributed by atoms with E-state index in [1.54, 1.807) is 16.7 Å². The molecule has 1 atom stereocenters. The van der Waals surface area contributed by atoms with E-state index in [-0.39, 0.29) is 22.5 Å². The molecule has 3 aromatic rings. The Bertz CT molecular complexity index is 1090. The summed E-state index contributed by atoms with van der Waals surface area (Å²) in [6.07, 6.45) is 0. The molecule has 0 N–H and O–H groups in total. The summed E-state index contributed by atoms with van der Waals surface area (Å²) < 4.78 is 1.72. The number of benzene rings is 1. The molecule has 142 valence electrons. The van der Waals surface area contributed by atoms with Gasteiger partial charge in [-0.2, -0.15) is 0 Å². The zero-order chi connectivity index (χ0) is 19.9. The first-order valence-corrected chi connectivity index (χ1v) is 10.3. The van der Waals surface area contributed by atoms with Crippen LogP contribution in [0.4, 0.5) is 5.69 Å². The van der Waals surface area contributed by atoms with Crippen molar-refractivity contribution in [1.29, 1.82) is 0 Å². The van der Waals surface area contributed by atoms with E-state index in [0.717, 1.165) is 20.8 Å². The second-order valence-corrected chi connectivity index (χ2v) is 9.25. The average molecular weight is 404 g/mol. The highest BCUT2D eigenvalue weighted by molar-refractivity contribution is 7.99. The summed E-state index contributed by atoms with van der Waals surface area (Å²) in [7, 11) is 0. The molecule has 0 aliphatic heterocycles. The van der Waals surface area contributed by atoms with Gasteiger partial charge in [0.05, 0.1) is 10.3 Å². The monoisotopic (exact) mass is 403 g/mol. The van der Waals surface area contributed by atoms with Crippen LogP contribution in [0.2, 0.25) is 0 Å². The SMILES string of the molecule is Cc1sc2nc(SC(C)c3cccc([N+](=O)[O-])c3)n(C(C)C)c(=O)c2c1C. The van der Waals surface area contributed by atoms with Crippen LogP contribution in [0.1, 0.15) is 48.1 Å². The number of aromatic nitrogens is 2. The van der Waals surface area contributed by atoms with Crippen LogP contribution in [-0.2, 0) is 0 Å². The van der Waals surface area contributed by atoms with E-state index in [4.69, 9.17) is 4.98 Å². The summed E-state index contributed by atoms with van der Waals surface area (Å²) in [6.45, 7) is 9.85. The van der Waals surface area contributed by atoms with Crippen molar-refractivity contribution in [2.45, 2.75) is 51.1 Å². The summed E-state index contributed by atoms with van der Waals surface area (Å²) in [4.78, 5) is 30.4. The summed E-state index contributed by atoms with van der Waals surface area (Å²) in [5, 5.41) is 12.3. The van der Waals surface area contributed by atoms with Crippen molar-refractivity contribution >= 4 is 39.0 Å². The number of thioether (sulfide) groups is 1. The maximum atomic E-state index is 13.1. The minimum absolute atomic E-state index is 0.0226. The van der Waals surface area contributed by atoms with Crippen molar-refractivity contribution in [2.75, 3.05) is 0 Å². The lowest BCUT2D eigenvalue weighted by atomic mass is 10.1. The molecule has 0 aliphatic rings. The van der Waals surface area contributed by atoms with Crippen molar-refractivity contribution in [3.63, 3.8) is 0 Å². The number of nitrogens with zero attached hydrogens (tertiary/aromatic N) is 3. The summed E-state index contributed by atoms with van der Waals surface area (Å²) in [6, 6.07) is 6.57. The smallest absolute Gasteiger partial charge is 0.269 e. The van der Waals surface area contributed by atoms with Gasteiger partial charge in [0.2, 0.25) is 0 Å². The molecule has 8 heteroatoms. The van der Waals surface area contributed by atoms with Crippen molar-refractivity contribution in [2.24, 2.45) is 0 Å². The number of nitro benzene ring substituents is 1. The van der Waals surface area contributed by atoms with Gasteiger partial charge < -0.3 is 0 Å². The molecule has 1 unspecified atom stereocenters. The molecule has 0 radical (unpaired) electrons. The van der Waals surface area contributed by atoms with Crippen LogP contribution in [0.15, 0.2) is 34.2 Å². The van der Waals surface area contributed by atoms with Gasteiger partial charge in [0, 0.05) is 28.3 Å². The first kappa shape index (κ1) is 19.6. The summed E-state index contributed by atoms with van der Waals surface area (Å²) in [5.74, 6) is 0. The Morgan fingerprint density at radius 2 is 1.96 bits per heavy atom. The number of fused-ring (bicyclic) bond motifs is 1. The Morgan fingerprint density at radius 3 is 2.59 bits per heavy atom. The molecule has 0 saturated heterocycles.